The fourth-order valence-corrected chi connectivity index (χ4v) is 3.08. The Morgan fingerprint density at radius 2 is 1.62 bits per heavy atom. The van der Waals surface area contributed by atoms with Crippen molar-refractivity contribution in [1.82, 2.24) is 20.4 Å². The minimum atomic E-state index is 0.564. The number of methoxy groups -OCH3 is 1. The molecule has 1 saturated carbocycles. The number of hydrogen-bond donors (Lipinski definition) is 2. The third-order valence-electron chi connectivity index (χ3n) is 4.55. The topological polar surface area (TPSA) is 52.1 Å². The lowest BCUT2D eigenvalue weighted by atomic mass is 10.2. The van der Waals surface area contributed by atoms with E-state index in [0.29, 0.717) is 12.1 Å². The SMILES string of the molecule is CN=C(NCCN(CCOC)C1CC1)NCCN(C(C)C)C(C)C. The van der Waals surface area contributed by atoms with Gasteiger partial charge in [-0.15, -0.1) is 0 Å². The molecular formula is C18H39N5O. The molecule has 0 atom stereocenters. The van der Waals surface area contributed by atoms with Gasteiger partial charge in [-0.1, -0.05) is 0 Å². The van der Waals surface area contributed by atoms with Crippen LogP contribution < -0.4 is 10.6 Å². The van der Waals surface area contributed by atoms with Crippen molar-refractivity contribution in [2.45, 2.75) is 58.7 Å². The van der Waals surface area contributed by atoms with Crippen LogP contribution >= 0.6 is 0 Å². The summed E-state index contributed by atoms with van der Waals surface area (Å²) in [4.78, 5) is 9.33. The van der Waals surface area contributed by atoms with Crippen LogP contribution in [0, 0.1) is 0 Å². The lowest BCUT2D eigenvalue weighted by Gasteiger charge is -2.30. The lowest BCUT2D eigenvalue weighted by molar-refractivity contribution is 0.144. The zero-order valence-corrected chi connectivity index (χ0v) is 16.6. The number of aliphatic imine (C=N–C) groups is 1. The van der Waals surface area contributed by atoms with Gasteiger partial charge in [-0.3, -0.25) is 14.8 Å². The Morgan fingerprint density at radius 3 is 2.08 bits per heavy atom. The summed E-state index contributed by atoms with van der Waals surface area (Å²) in [5.41, 5.74) is 0. The first-order valence-corrected chi connectivity index (χ1v) is 9.42. The third-order valence-corrected chi connectivity index (χ3v) is 4.55. The maximum absolute atomic E-state index is 5.21. The van der Waals surface area contributed by atoms with Crippen LogP contribution in [0.15, 0.2) is 4.99 Å². The summed E-state index contributed by atoms with van der Waals surface area (Å²) in [7, 11) is 3.61. The van der Waals surface area contributed by atoms with Crippen molar-refractivity contribution < 1.29 is 4.74 Å². The summed E-state index contributed by atoms with van der Waals surface area (Å²) in [6.07, 6.45) is 2.66. The Balaban J connectivity index is 2.24. The molecule has 0 aromatic heterocycles. The molecule has 1 aliphatic carbocycles. The maximum Gasteiger partial charge on any atom is 0.191 e. The Morgan fingerprint density at radius 1 is 1.04 bits per heavy atom. The zero-order valence-electron chi connectivity index (χ0n) is 16.6. The highest BCUT2D eigenvalue weighted by Crippen LogP contribution is 2.25. The van der Waals surface area contributed by atoms with Crippen LogP contribution in [0.1, 0.15) is 40.5 Å². The quantitative estimate of drug-likeness (QED) is 0.415. The first-order valence-electron chi connectivity index (χ1n) is 9.42. The maximum atomic E-state index is 5.21. The van der Waals surface area contributed by atoms with Gasteiger partial charge < -0.3 is 15.4 Å². The minimum Gasteiger partial charge on any atom is -0.383 e. The Bertz CT molecular complexity index is 347. The molecular weight excluding hydrogens is 302 g/mol. The van der Waals surface area contributed by atoms with Crippen molar-refractivity contribution in [3.8, 4) is 0 Å². The molecule has 142 valence electrons. The van der Waals surface area contributed by atoms with Gasteiger partial charge in [0.1, 0.15) is 0 Å². The molecule has 0 radical (unpaired) electrons. The van der Waals surface area contributed by atoms with Crippen molar-refractivity contribution in [2.24, 2.45) is 4.99 Å². The van der Waals surface area contributed by atoms with Gasteiger partial charge in [-0.2, -0.15) is 0 Å². The van der Waals surface area contributed by atoms with Crippen LogP contribution in [0.4, 0.5) is 0 Å². The number of rotatable bonds is 12. The molecule has 0 aromatic rings. The minimum absolute atomic E-state index is 0.564. The van der Waals surface area contributed by atoms with Gasteiger partial charge in [0.25, 0.3) is 0 Å². The van der Waals surface area contributed by atoms with Crippen LogP contribution in [0.5, 0.6) is 0 Å². The molecule has 24 heavy (non-hydrogen) atoms. The fraction of sp³-hybridized carbons (Fsp3) is 0.944. The number of nitrogens with one attached hydrogen (secondary N) is 2. The van der Waals surface area contributed by atoms with Gasteiger partial charge in [-0.05, 0) is 40.5 Å². The van der Waals surface area contributed by atoms with Crippen LogP contribution in [-0.2, 0) is 4.74 Å². The molecule has 0 saturated heterocycles. The summed E-state index contributed by atoms with van der Waals surface area (Å²) in [5.74, 6) is 0.893. The molecule has 6 nitrogen and oxygen atoms in total. The van der Waals surface area contributed by atoms with Gasteiger partial charge in [-0.25, -0.2) is 0 Å². The average molecular weight is 342 g/mol. The molecule has 0 bridgehead atoms. The van der Waals surface area contributed by atoms with Crippen LogP contribution in [0.25, 0.3) is 0 Å². The second-order valence-corrected chi connectivity index (χ2v) is 7.11. The number of guanidine groups is 1. The lowest BCUT2D eigenvalue weighted by Crippen LogP contribution is -2.46. The van der Waals surface area contributed by atoms with E-state index in [0.717, 1.165) is 51.3 Å². The van der Waals surface area contributed by atoms with E-state index in [2.05, 4.69) is 53.1 Å². The molecule has 6 heteroatoms. The molecule has 0 spiro atoms. The smallest absolute Gasteiger partial charge is 0.191 e. The Kier molecular flexibility index (Phi) is 10.3. The molecule has 1 fully saturated rings. The van der Waals surface area contributed by atoms with E-state index in [9.17, 15) is 0 Å². The van der Waals surface area contributed by atoms with Crippen molar-refractivity contribution >= 4 is 5.96 Å². The summed E-state index contributed by atoms with van der Waals surface area (Å²) in [6.45, 7) is 14.7. The Labute approximate surface area is 149 Å². The Hall–Kier alpha value is -0.850. The summed E-state index contributed by atoms with van der Waals surface area (Å²) in [5, 5.41) is 6.85. The third kappa shape index (κ3) is 8.31. The highest BCUT2D eigenvalue weighted by atomic mass is 16.5. The highest BCUT2D eigenvalue weighted by Gasteiger charge is 2.28. The van der Waals surface area contributed by atoms with E-state index in [1.54, 1.807) is 7.11 Å². The van der Waals surface area contributed by atoms with Gasteiger partial charge in [0.2, 0.25) is 0 Å². The molecule has 0 aliphatic heterocycles. The first kappa shape index (κ1) is 21.2. The zero-order chi connectivity index (χ0) is 17.9. The summed E-state index contributed by atoms with van der Waals surface area (Å²) in [6, 6.07) is 1.90. The fourth-order valence-electron chi connectivity index (χ4n) is 3.08. The largest absolute Gasteiger partial charge is 0.383 e. The standard InChI is InChI=1S/C18H39N5O/c1-15(2)23(16(3)4)12-10-21-18(19-5)20-9-11-22(13-14-24-6)17-7-8-17/h15-17H,7-14H2,1-6H3,(H2,19,20,21). The number of hydrogen-bond acceptors (Lipinski definition) is 4. The van der Waals surface area contributed by atoms with Gasteiger partial charge in [0.05, 0.1) is 6.61 Å². The molecule has 1 rings (SSSR count). The molecule has 0 heterocycles. The van der Waals surface area contributed by atoms with Crippen molar-refractivity contribution in [2.75, 3.05) is 53.5 Å². The second-order valence-electron chi connectivity index (χ2n) is 7.11. The molecule has 0 amide bonds. The predicted octanol–water partition coefficient (Wildman–Crippen LogP) is 1.38. The van der Waals surface area contributed by atoms with E-state index < -0.39 is 0 Å². The molecule has 1 aliphatic rings. The van der Waals surface area contributed by atoms with Crippen LogP contribution in [0.2, 0.25) is 0 Å². The van der Waals surface area contributed by atoms with Crippen molar-refractivity contribution in [1.29, 1.82) is 0 Å². The molecule has 0 aromatic carbocycles. The highest BCUT2D eigenvalue weighted by molar-refractivity contribution is 5.79. The van der Waals surface area contributed by atoms with Crippen LogP contribution in [0.3, 0.4) is 0 Å². The summed E-state index contributed by atoms with van der Waals surface area (Å²) < 4.78 is 5.21. The second kappa shape index (κ2) is 11.7. The van der Waals surface area contributed by atoms with Crippen molar-refractivity contribution in [3.63, 3.8) is 0 Å². The van der Waals surface area contributed by atoms with E-state index in [-0.39, 0.29) is 0 Å². The van der Waals surface area contributed by atoms with Gasteiger partial charge >= 0.3 is 0 Å². The number of ether oxygens (including phenoxy) is 1. The number of nitrogens with zero attached hydrogens (tertiary/aromatic N) is 3. The van der Waals surface area contributed by atoms with Crippen molar-refractivity contribution in [3.05, 3.63) is 0 Å². The van der Waals surface area contributed by atoms with E-state index in [1.807, 2.05) is 7.05 Å². The first-order chi connectivity index (χ1) is 11.5. The average Bonchev–Trinajstić information content (AvgIpc) is 3.36. The summed E-state index contributed by atoms with van der Waals surface area (Å²) >= 11 is 0. The van der Waals surface area contributed by atoms with Gasteiger partial charge in [0, 0.05) is 65.0 Å². The van der Waals surface area contributed by atoms with Gasteiger partial charge in [0.15, 0.2) is 5.96 Å². The van der Waals surface area contributed by atoms with E-state index in [4.69, 9.17) is 4.74 Å². The molecule has 0 unspecified atom stereocenters. The predicted molar refractivity (Wildman–Crippen MR) is 103 cm³/mol. The molecule has 2 N–H and O–H groups in total. The van der Waals surface area contributed by atoms with E-state index >= 15 is 0 Å². The van der Waals surface area contributed by atoms with E-state index in [1.165, 1.54) is 12.8 Å². The van der Waals surface area contributed by atoms with Crippen LogP contribution in [-0.4, -0.2) is 87.4 Å². The normalized spacial score (nSPS) is 15.8. The monoisotopic (exact) mass is 341 g/mol.